The maximum Gasteiger partial charge on any atom is 0.309 e. The quantitative estimate of drug-likeness (QED) is 0.743. The van der Waals surface area contributed by atoms with Gasteiger partial charge in [0, 0.05) is 30.6 Å². The first-order valence-electron chi connectivity index (χ1n) is 7.78. The van der Waals surface area contributed by atoms with Crippen molar-refractivity contribution in [2.45, 2.75) is 26.2 Å². The van der Waals surface area contributed by atoms with E-state index in [0.29, 0.717) is 24.5 Å². The van der Waals surface area contributed by atoms with Gasteiger partial charge in [-0.2, -0.15) is 0 Å². The Hall–Kier alpha value is -1.59. The summed E-state index contributed by atoms with van der Waals surface area (Å²) in [6.07, 6.45) is 0.403. The monoisotopic (exact) mass is 338 g/mol. The number of benzene rings is 1. The summed E-state index contributed by atoms with van der Waals surface area (Å²) in [6.45, 7) is 5.06. The molecule has 0 aromatic heterocycles. The van der Waals surface area contributed by atoms with Crippen LogP contribution < -0.4 is 10.6 Å². The van der Waals surface area contributed by atoms with Crippen molar-refractivity contribution in [2.75, 3.05) is 19.6 Å². The Balaban J connectivity index is 1.93. The van der Waals surface area contributed by atoms with E-state index in [0.717, 1.165) is 12.1 Å². The van der Waals surface area contributed by atoms with Crippen LogP contribution in [0.2, 0.25) is 5.02 Å². The van der Waals surface area contributed by atoms with Crippen molar-refractivity contribution >= 4 is 23.5 Å². The van der Waals surface area contributed by atoms with Crippen LogP contribution in [-0.2, 0) is 9.59 Å². The molecule has 0 radical (unpaired) electrons. The van der Waals surface area contributed by atoms with Gasteiger partial charge in [-0.1, -0.05) is 23.7 Å². The van der Waals surface area contributed by atoms with Crippen molar-refractivity contribution in [2.24, 2.45) is 11.3 Å². The van der Waals surface area contributed by atoms with Gasteiger partial charge in [0.1, 0.15) is 0 Å². The standard InChI is InChI=1S/C17H23ClN2O3/c1-17(2,16(22)23)7-8-20-15(21)14-10-19-9-13(14)11-3-5-12(18)6-4-11/h3-6,13-14,19H,7-10H2,1-2H3,(H,20,21)(H,22,23)/t13-,14+/m0/s1. The third-order valence-electron chi connectivity index (χ3n) is 4.48. The minimum Gasteiger partial charge on any atom is -0.481 e. The molecule has 3 N–H and O–H groups in total. The van der Waals surface area contributed by atoms with Gasteiger partial charge >= 0.3 is 5.97 Å². The third-order valence-corrected chi connectivity index (χ3v) is 4.73. The van der Waals surface area contributed by atoms with Crippen LogP contribution in [0.25, 0.3) is 0 Å². The Labute approximate surface area is 141 Å². The second kappa shape index (κ2) is 7.32. The molecule has 0 spiro atoms. The summed E-state index contributed by atoms with van der Waals surface area (Å²) in [5.74, 6) is -0.923. The highest BCUT2D eigenvalue weighted by Gasteiger charge is 2.34. The lowest BCUT2D eigenvalue weighted by molar-refractivity contribution is -0.147. The van der Waals surface area contributed by atoms with E-state index < -0.39 is 11.4 Å². The fraction of sp³-hybridized carbons (Fsp3) is 0.529. The van der Waals surface area contributed by atoms with E-state index in [4.69, 9.17) is 16.7 Å². The number of aliphatic carboxylic acids is 1. The van der Waals surface area contributed by atoms with Gasteiger partial charge in [-0.3, -0.25) is 9.59 Å². The van der Waals surface area contributed by atoms with Gasteiger partial charge in [-0.25, -0.2) is 0 Å². The molecule has 1 aliphatic rings. The molecule has 1 fully saturated rings. The molecule has 1 aliphatic heterocycles. The Bertz CT molecular complexity index is 572. The summed E-state index contributed by atoms with van der Waals surface area (Å²) in [5.41, 5.74) is 0.252. The molecule has 2 atom stereocenters. The summed E-state index contributed by atoms with van der Waals surface area (Å²) >= 11 is 5.91. The molecule has 0 unspecified atom stereocenters. The summed E-state index contributed by atoms with van der Waals surface area (Å²) in [5, 5.41) is 15.9. The average molecular weight is 339 g/mol. The zero-order chi connectivity index (χ0) is 17.0. The number of hydrogen-bond acceptors (Lipinski definition) is 3. The molecule has 2 rings (SSSR count). The SMILES string of the molecule is CC(C)(CCNC(=O)[C@@H]1CNC[C@H]1c1ccc(Cl)cc1)C(=O)O. The first-order valence-corrected chi connectivity index (χ1v) is 8.16. The molecular weight excluding hydrogens is 316 g/mol. The predicted octanol–water partition coefficient (Wildman–Crippen LogP) is 2.26. The predicted molar refractivity (Wildman–Crippen MR) is 89.6 cm³/mol. The summed E-state index contributed by atoms with van der Waals surface area (Å²) in [7, 11) is 0. The normalized spacial score (nSPS) is 21.2. The molecule has 0 saturated carbocycles. The van der Waals surface area contributed by atoms with E-state index in [1.165, 1.54) is 0 Å². The highest BCUT2D eigenvalue weighted by molar-refractivity contribution is 6.30. The van der Waals surface area contributed by atoms with E-state index in [1.807, 2.05) is 24.3 Å². The molecule has 1 heterocycles. The van der Waals surface area contributed by atoms with Crippen LogP contribution in [-0.4, -0.2) is 36.6 Å². The zero-order valence-corrected chi connectivity index (χ0v) is 14.2. The second-order valence-corrected chi connectivity index (χ2v) is 7.09. The molecule has 1 saturated heterocycles. The molecule has 23 heavy (non-hydrogen) atoms. The van der Waals surface area contributed by atoms with Gasteiger partial charge in [0.15, 0.2) is 0 Å². The van der Waals surface area contributed by atoms with Crippen LogP contribution >= 0.6 is 11.6 Å². The smallest absolute Gasteiger partial charge is 0.309 e. The molecular formula is C17H23ClN2O3. The highest BCUT2D eigenvalue weighted by Crippen LogP contribution is 2.29. The first-order chi connectivity index (χ1) is 10.8. The maximum absolute atomic E-state index is 12.4. The molecule has 126 valence electrons. The summed E-state index contributed by atoms with van der Waals surface area (Å²) < 4.78 is 0. The van der Waals surface area contributed by atoms with E-state index in [-0.39, 0.29) is 17.7 Å². The molecule has 1 aromatic carbocycles. The topological polar surface area (TPSA) is 78.4 Å². The summed E-state index contributed by atoms with van der Waals surface area (Å²) in [4.78, 5) is 23.5. The van der Waals surface area contributed by atoms with Crippen molar-refractivity contribution in [3.05, 3.63) is 34.9 Å². The van der Waals surface area contributed by atoms with Crippen molar-refractivity contribution in [3.63, 3.8) is 0 Å². The minimum atomic E-state index is -0.853. The number of amides is 1. The van der Waals surface area contributed by atoms with Gasteiger partial charge in [-0.15, -0.1) is 0 Å². The first kappa shape index (κ1) is 17.8. The fourth-order valence-electron chi connectivity index (χ4n) is 2.75. The number of halogens is 1. The van der Waals surface area contributed by atoms with Gasteiger partial charge in [-0.05, 0) is 38.0 Å². The van der Waals surface area contributed by atoms with Crippen molar-refractivity contribution in [3.8, 4) is 0 Å². The van der Waals surface area contributed by atoms with Crippen LogP contribution in [0.1, 0.15) is 31.7 Å². The number of rotatable bonds is 6. The summed E-state index contributed by atoms with van der Waals surface area (Å²) in [6, 6.07) is 7.57. The van der Waals surface area contributed by atoms with Crippen LogP contribution in [0.15, 0.2) is 24.3 Å². The number of nitrogens with one attached hydrogen (secondary N) is 2. The van der Waals surface area contributed by atoms with Crippen molar-refractivity contribution in [1.82, 2.24) is 10.6 Å². The second-order valence-electron chi connectivity index (χ2n) is 6.65. The van der Waals surface area contributed by atoms with Gasteiger partial charge in [0.05, 0.1) is 11.3 Å². The third kappa shape index (κ3) is 4.45. The molecule has 1 amide bonds. The molecule has 0 aliphatic carbocycles. The van der Waals surface area contributed by atoms with E-state index in [1.54, 1.807) is 13.8 Å². The van der Waals surface area contributed by atoms with Crippen LogP contribution in [0.5, 0.6) is 0 Å². The minimum absolute atomic E-state index is 0.0314. The highest BCUT2D eigenvalue weighted by atomic mass is 35.5. The molecule has 0 bridgehead atoms. The Kier molecular flexibility index (Phi) is 5.65. The lowest BCUT2D eigenvalue weighted by Crippen LogP contribution is -2.37. The maximum atomic E-state index is 12.4. The van der Waals surface area contributed by atoms with Crippen molar-refractivity contribution < 1.29 is 14.7 Å². The molecule has 6 heteroatoms. The number of carbonyl (C=O) groups is 2. The number of carboxylic acids is 1. The Morgan fingerprint density at radius 3 is 2.57 bits per heavy atom. The Morgan fingerprint density at radius 1 is 1.30 bits per heavy atom. The molecule has 1 aromatic rings. The van der Waals surface area contributed by atoms with Gasteiger partial charge in [0.25, 0.3) is 0 Å². The van der Waals surface area contributed by atoms with Crippen molar-refractivity contribution in [1.29, 1.82) is 0 Å². The number of carbonyl (C=O) groups excluding carboxylic acids is 1. The lowest BCUT2D eigenvalue weighted by atomic mass is 9.87. The Morgan fingerprint density at radius 2 is 1.96 bits per heavy atom. The number of hydrogen-bond donors (Lipinski definition) is 3. The van der Waals surface area contributed by atoms with Gasteiger partial charge in [0.2, 0.25) is 5.91 Å². The van der Waals surface area contributed by atoms with Crippen LogP contribution in [0.3, 0.4) is 0 Å². The van der Waals surface area contributed by atoms with Gasteiger partial charge < -0.3 is 15.7 Å². The fourth-order valence-corrected chi connectivity index (χ4v) is 2.88. The van der Waals surface area contributed by atoms with E-state index in [9.17, 15) is 9.59 Å². The average Bonchev–Trinajstić information content (AvgIpc) is 2.97. The molecule has 5 nitrogen and oxygen atoms in total. The lowest BCUT2D eigenvalue weighted by Gasteiger charge is -2.21. The number of carboxylic acid groups (broad SMARTS) is 1. The van der Waals surface area contributed by atoms with E-state index >= 15 is 0 Å². The van der Waals surface area contributed by atoms with E-state index in [2.05, 4.69) is 10.6 Å². The largest absolute Gasteiger partial charge is 0.481 e. The zero-order valence-electron chi connectivity index (χ0n) is 13.4. The van der Waals surface area contributed by atoms with Crippen LogP contribution in [0.4, 0.5) is 0 Å². The van der Waals surface area contributed by atoms with Crippen LogP contribution in [0, 0.1) is 11.3 Å².